The molecule has 140 valence electrons. The highest BCUT2D eigenvalue weighted by molar-refractivity contribution is 7.89. The number of nitro benzene ring substituents is 1. The lowest BCUT2D eigenvalue weighted by Gasteiger charge is -2.20. The third-order valence-corrected chi connectivity index (χ3v) is 5.98. The number of methoxy groups -OCH3 is 2. The topological polar surface area (TPSA) is 99.0 Å². The van der Waals surface area contributed by atoms with E-state index in [2.05, 4.69) is 0 Å². The summed E-state index contributed by atoms with van der Waals surface area (Å²) in [6.45, 7) is 1.46. The monoisotopic (exact) mass is 380 g/mol. The molecule has 0 radical (unpaired) electrons. The number of hydrogen-bond donors (Lipinski definition) is 0. The number of sulfonamides is 1. The number of rotatable bonds is 7. The summed E-state index contributed by atoms with van der Waals surface area (Å²) in [4.78, 5) is 10.4. The molecule has 0 heterocycles. The molecule has 0 aliphatic rings. The fraction of sp³-hybridized carbons (Fsp3) is 0.294. The number of hydrogen-bond acceptors (Lipinski definition) is 6. The highest BCUT2D eigenvalue weighted by atomic mass is 32.2. The Balaban J connectivity index is 2.39. The average Bonchev–Trinajstić information content (AvgIpc) is 2.61. The first-order valence-electron chi connectivity index (χ1n) is 7.63. The van der Waals surface area contributed by atoms with Gasteiger partial charge in [-0.1, -0.05) is 12.1 Å². The van der Waals surface area contributed by atoms with Crippen LogP contribution in [0.2, 0.25) is 0 Å². The van der Waals surface area contributed by atoms with E-state index >= 15 is 0 Å². The Labute approximate surface area is 152 Å². The molecule has 0 aliphatic carbocycles. The lowest BCUT2D eigenvalue weighted by Crippen LogP contribution is -2.27. The highest BCUT2D eigenvalue weighted by Crippen LogP contribution is 2.30. The molecule has 0 unspecified atom stereocenters. The smallest absolute Gasteiger partial charge is 0.273 e. The van der Waals surface area contributed by atoms with Gasteiger partial charge in [-0.15, -0.1) is 0 Å². The second-order valence-electron chi connectivity index (χ2n) is 5.60. The Hall–Kier alpha value is -2.65. The van der Waals surface area contributed by atoms with E-state index in [9.17, 15) is 18.5 Å². The standard InChI is InChI=1S/C17H20N2O6S/c1-12-15(19(20)21)6-5-7-17(12)26(22,23)18(2)11-13-8-9-14(24-3)10-16(13)25-4/h5-10H,11H2,1-4H3. The number of ether oxygens (including phenoxy) is 2. The van der Waals surface area contributed by atoms with Crippen molar-refractivity contribution in [1.82, 2.24) is 4.31 Å². The maximum atomic E-state index is 12.9. The Bertz CT molecular complexity index is 927. The second kappa shape index (κ2) is 7.71. The normalized spacial score (nSPS) is 11.4. The highest BCUT2D eigenvalue weighted by Gasteiger charge is 2.27. The molecule has 2 rings (SSSR count). The van der Waals surface area contributed by atoms with Gasteiger partial charge >= 0.3 is 0 Å². The van der Waals surface area contributed by atoms with Gasteiger partial charge in [-0.2, -0.15) is 4.31 Å². The van der Waals surface area contributed by atoms with Crippen molar-refractivity contribution < 1.29 is 22.8 Å². The van der Waals surface area contributed by atoms with Crippen molar-refractivity contribution >= 4 is 15.7 Å². The van der Waals surface area contributed by atoms with Gasteiger partial charge in [0.1, 0.15) is 11.5 Å². The minimum Gasteiger partial charge on any atom is -0.497 e. The third kappa shape index (κ3) is 3.78. The van der Waals surface area contributed by atoms with Gasteiger partial charge in [0.05, 0.1) is 24.0 Å². The maximum absolute atomic E-state index is 12.9. The van der Waals surface area contributed by atoms with Gasteiger partial charge in [0, 0.05) is 36.9 Å². The molecule has 0 N–H and O–H groups in total. The van der Waals surface area contributed by atoms with Crippen molar-refractivity contribution in [2.75, 3.05) is 21.3 Å². The van der Waals surface area contributed by atoms with Gasteiger partial charge in [-0.25, -0.2) is 8.42 Å². The fourth-order valence-corrected chi connectivity index (χ4v) is 3.94. The molecule has 8 nitrogen and oxygen atoms in total. The van der Waals surface area contributed by atoms with Crippen LogP contribution in [0.5, 0.6) is 11.5 Å². The number of nitro groups is 1. The van der Waals surface area contributed by atoms with E-state index in [-0.39, 0.29) is 22.7 Å². The van der Waals surface area contributed by atoms with Crippen LogP contribution in [0.25, 0.3) is 0 Å². The summed E-state index contributed by atoms with van der Waals surface area (Å²) < 4.78 is 37.3. The van der Waals surface area contributed by atoms with Gasteiger partial charge < -0.3 is 9.47 Å². The molecule has 26 heavy (non-hydrogen) atoms. The molecule has 2 aromatic carbocycles. The predicted octanol–water partition coefficient (Wildman–Crippen LogP) is 2.74. The van der Waals surface area contributed by atoms with Crippen LogP contribution in [0.4, 0.5) is 5.69 Å². The van der Waals surface area contributed by atoms with E-state index in [1.54, 1.807) is 18.2 Å². The minimum atomic E-state index is -3.92. The van der Waals surface area contributed by atoms with Crippen LogP contribution >= 0.6 is 0 Å². The van der Waals surface area contributed by atoms with E-state index in [1.165, 1.54) is 46.4 Å². The summed E-state index contributed by atoms with van der Waals surface area (Å²) in [7, 11) is 0.499. The SMILES string of the molecule is COc1ccc(CN(C)S(=O)(=O)c2cccc([N+](=O)[O-])c2C)c(OC)c1. The molecule has 0 fully saturated rings. The molecule has 9 heteroatoms. The quantitative estimate of drug-likeness (QED) is 0.541. The van der Waals surface area contributed by atoms with Crippen molar-refractivity contribution in [3.63, 3.8) is 0 Å². The maximum Gasteiger partial charge on any atom is 0.273 e. The van der Waals surface area contributed by atoms with Crippen LogP contribution in [0.15, 0.2) is 41.3 Å². The van der Waals surface area contributed by atoms with E-state index in [4.69, 9.17) is 9.47 Å². The first-order valence-corrected chi connectivity index (χ1v) is 9.07. The summed E-state index contributed by atoms with van der Waals surface area (Å²) in [6.07, 6.45) is 0. The van der Waals surface area contributed by atoms with Crippen LogP contribution in [0.3, 0.4) is 0 Å². The Morgan fingerprint density at radius 2 is 1.85 bits per heavy atom. The molecular formula is C17H20N2O6S. The Kier molecular flexibility index (Phi) is 5.83. The zero-order chi connectivity index (χ0) is 19.5. The van der Waals surface area contributed by atoms with Crippen molar-refractivity contribution in [3.8, 4) is 11.5 Å². The summed E-state index contributed by atoms with van der Waals surface area (Å²) in [5.74, 6) is 1.08. The van der Waals surface area contributed by atoms with Crippen LogP contribution in [0.1, 0.15) is 11.1 Å². The number of benzene rings is 2. The molecule has 0 atom stereocenters. The van der Waals surface area contributed by atoms with Crippen molar-refractivity contribution in [2.24, 2.45) is 0 Å². The molecular weight excluding hydrogens is 360 g/mol. The Morgan fingerprint density at radius 3 is 2.42 bits per heavy atom. The van der Waals surface area contributed by atoms with Gasteiger partial charge in [-0.05, 0) is 19.1 Å². The summed E-state index contributed by atoms with van der Waals surface area (Å²) >= 11 is 0. The molecule has 0 saturated carbocycles. The van der Waals surface area contributed by atoms with Crippen LogP contribution < -0.4 is 9.47 Å². The van der Waals surface area contributed by atoms with Crippen molar-refractivity contribution in [1.29, 1.82) is 0 Å². The van der Waals surface area contributed by atoms with Crippen LogP contribution in [-0.4, -0.2) is 38.9 Å². The van der Waals surface area contributed by atoms with E-state index < -0.39 is 14.9 Å². The molecule has 0 amide bonds. The molecule has 0 aliphatic heterocycles. The minimum absolute atomic E-state index is 0.0393. The zero-order valence-corrected chi connectivity index (χ0v) is 15.7. The molecule has 2 aromatic rings. The second-order valence-corrected chi connectivity index (χ2v) is 7.61. The average molecular weight is 380 g/mol. The summed E-state index contributed by atoms with van der Waals surface area (Å²) in [5.41, 5.74) is 0.509. The van der Waals surface area contributed by atoms with Gasteiger partial charge in [0.15, 0.2) is 0 Å². The van der Waals surface area contributed by atoms with E-state index in [1.807, 2.05) is 0 Å². The van der Waals surface area contributed by atoms with Gasteiger partial charge in [0.2, 0.25) is 10.0 Å². The van der Waals surface area contributed by atoms with Gasteiger partial charge in [0.25, 0.3) is 5.69 Å². The zero-order valence-electron chi connectivity index (χ0n) is 14.9. The number of nitrogens with zero attached hydrogens (tertiary/aromatic N) is 2. The lowest BCUT2D eigenvalue weighted by molar-refractivity contribution is -0.385. The first kappa shape index (κ1) is 19.7. The Morgan fingerprint density at radius 1 is 1.15 bits per heavy atom. The molecule has 0 bridgehead atoms. The fourth-order valence-electron chi connectivity index (χ4n) is 2.56. The molecule has 0 aromatic heterocycles. The van der Waals surface area contributed by atoms with E-state index in [0.717, 1.165) is 4.31 Å². The van der Waals surface area contributed by atoms with Crippen molar-refractivity contribution in [2.45, 2.75) is 18.4 Å². The molecule has 0 spiro atoms. The summed E-state index contributed by atoms with van der Waals surface area (Å²) in [5, 5.41) is 11.1. The molecule has 0 saturated heterocycles. The third-order valence-electron chi connectivity index (χ3n) is 4.03. The van der Waals surface area contributed by atoms with Crippen molar-refractivity contribution in [3.05, 3.63) is 57.6 Å². The first-order chi connectivity index (χ1) is 12.2. The van der Waals surface area contributed by atoms with Crippen LogP contribution in [0, 0.1) is 17.0 Å². The van der Waals surface area contributed by atoms with E-state index in [0.29, 0.717) is 17.1 Å². The van der Waals surface area contributed by atoms with Crippen LogP contribution in [-0.2, 0) is 16.6 Å². The predicted molar refractivity (Wildman–Crippen MR) is 96.0 cm³/mol. The van der Waals surface area contributed by atoms with Gasteiger partial charge in [-0.3, -0.25) is 10.1 Å². The summed E-state index contributed by atoms with van der Waals surface area (Å²) in [6, 6.07) is 9.08. The lowest BCUT2D eigenvalue weighted by atomic mass is 10.2. The largest absolute Gasteiger partial charge is 0.497 e.